The van der Waals surface area contributed by atoms with E-state index in [2.05, 4.69) is 10.2 Å². The molecule has 32 heavy (non-hydrogen) atoms. The van der Waals surface area contributed by atoms with Crippen LogP contribution in [0.3, 0.4) is 0 Å². The van der Waals surface area contributed by atoms with Gasteiger partial charge >= 0.3 is 0 Å². The van der Waals surface area contributed by atoms with Gasteiger partial charge in [-0.3, -0.25) is 5.10 Å². The molecule has 0 aliphatic carbocycles. The molecule has 1 aromatic heterocycles. The number of hydrogen-bond acceptors (Lipinski definition) is 3. The molecule has 0 radical (unpaired) electrons. The van der Waals surface area contributed by atoms with Crippen LogP contribution in [-0.2, 0) is 0 Å². The van der Waals surface area contributed by atoms with Gasteiger partial charge in [0, 0.05) is 11.8 Å². The molecular formula is C25H23Cl3N2O2. The van der Waals surface area contributed by atoms with E-state index in [0.717, 1.165) is 33.9 Å². The number of methoxy groups -OCH3 is 2. The van der Waals surface area contributed by atoms with Crippen molar-refractivity contribution in [3.05, 3.63) is 102 Å². The number of ether oxygens (including phenoxy) is 2. The van der Waals surface area contributed by atoms with Crippen LogP contribution in [0, 0.1) is 0 Å². The van der Waals surface area contributed by atoms with Gasteiger partial charge in [0.2, 0.25) is 3.79 Å². The second kappa shape index (κ2) is 11.3. The van der Waals surface area contributed by atoms with Gasteiger partial charge in [0.1, 0.15) is 11.5 Å². The molecule has 0 spiro atoms. The molecule has 0 unspecified atom stereocenters. The van der Waals surface area contributed by atoms with E-state index in [0.29, 0.717) is 0 Å². The maximum atomic E-state index is 6.18. The van der Waals surface area contributed by atoms with Crippen molar-refractivity contribution in [1.29, 1.82) is 0 Å². The second-order valence-corrected chi connectivity index (χ2v) is 9.22. The molecule has 0 saturated heterocycles. The summed E-state index contributed by atoms with van der Waals surface area (Å²) in [7, 11) is 3.23. The highest BCUT2D eigenvalue weighted by molar-refractivity contribution is 6.68. The largest absolute Gasteiger partial charge is 0.497 e. The molecule has 1 N–H and O–H groups in total. The summed E-state index contributed by atoms with van der Waals surface area (Å²) < 4.78 is 8.85. The maximum absolute atomic E-state index is 6.18. The van der Waals surface area contributed by atoms with Crippen molar-refractivity contribution in [2.75, 3.05) is 14.2 Å². The summed E-state index contributed by atoms with van der Waals surface area (Å²) in [6, 6.07) is 27.0. The van der Waals surface area contributed by atoms with E-state index in [1.54, 1.807) is 14.2 Å². The summed E-state index contributed by atoms with van der Waals surface area (Å²) in [5.41, 5.74) is 3.95. The Balaban J connectivity index is 0.000000219. The summed E-state index contributed by atoms with van der Waals surface area (Å²) in [4.78, 5) is 0. The van der Waals surface area contributed by atoms with Gasteiger partial charge in [0.05, 0.1) is 25.8 Å². The van der Waals surface area contributed by atoms with Crippen molar-refractivity contribution in [3.63, 3.8) is 0 Å². The van der Waals surface area contributed by atoms with Crippen LogP contribution in [0.25, 0.3) is 11.3 Å². The summed E-state index contributed by atoms with van der Waals surface area (Å²) in [5.74, 6) is 1.15. The molecular weight excluding hydrogens is 467 g/mol. The third kappa shape index (κ3) is 6.42. The minimum atomic E-state index is -1.46. The Hall–Kier alpha value is -2.66. The number of aromatic nitrogens is 2. The minimum Gasteiger partial charge on any atom is -0.497 e. The van der Waals surface area contributed by atoms with Crippen LogP contribution < -0.4 is 9.47 Å². The van der Waals surface area contributed by atoms with Crippen molar-refractivity contribution in [2.24, 2.45) is 0 Å². The zero-order chi connectivity index (χ0) is 23.0. The SMILES string of the molecule is COc1ccc(C(c2ccc(OC)cc2)C(Cl)(Cl)Cl)cc1.c1ccc(-c2cc[nH]n2)cc1. The number of aromatic amines is 1. The van der Waals surface area contributed by atoms with Crippen LogP contribution in [0.1, 0.15) is 17.0 Å². The van der Waals surface area contributed by atoms with Crippen LogP contribution in [0.15, 0.2) is 91.1 Å². The number of nitrogens with one attached hydrogen (secondary N) is 1. The standard InChI is InChI=1S/C16H15Cl3O2.C9H8N2/c1-20-13-7-3-11(4-8-13)15(16(17,18)19)12-5-9-14(21-2)10-6-12;1-2-4-8(5-3-1)9-6-7-10-11-9/h3-10,15H,1-2H3;1-7H,(H,10,11). The summed E-state index contributed by atoms with van der Waals surface area (Å²) >= 11 is 18.6. The van der Waals surface area contributed by atoms with Gasteiger partial charge in [0.25, 0.3) is 0 Å². The molecule has 3 aromatic carbocycles. The van der Waals surface area contributed by atoms with Gasteiger partial charge in [-0.1, -0.05) is 89.4 Å². The molecule has 4 nitrogen and oxygen atoms in total. The average molecular weight is 490 g/mol. The number of benzene rings is 3. The molecule has 4 rings (SSSR count). The van der Waals surface area contributed by atoms with Crippen LogP contribution in [0.5, 0.6) is 11.5 Å². The molecule has 0 atom stereocenters. The molecule has 0 aliphatic rings. The fourth-order valence-corrected chi connectivity index (χ4v) is 3.95. The summed E-state index contributed by atoms with van der Waals surface area (Å²) in [6.45, 7) is 0. The molecule has 0 aliphatic heterocycles. The van der Waals surface area contributed by atoms with Crippen LogP contribution in [-0.4, -0.2) is 28.2 Å². The van der Waals surface area contributed by atoms with Gasteiger partial charge in [-0.15, -0.1) is 0 Å². The van der Waals surface area contributed by atoms with E-state index in [1.807, 2.05) is 91.1 Å². The Morgan fingerprint density at radius 1 is 0.719 bits per heavy atom. The molecule has 1 heterocycles. The fraction of sp³-hybridized carbons (Fsp3) is 0.160. The van der Waals surface area contributed by atoms with Crippen molar-refractivity contribution >= 4 is 34.8 Å². The smallest absolute Gasteiger partial charge is 0.201 e. The zero-order valence-electron chi connectivity index (χ0n) is 17.6. The first-order chi connectivity index (χ1) is 15.4. The first-order valence-corrected chi connectivity index (χ1v) is 11.0. The van der Waals surface area contributed by atoms with E-state index in [4.69, 9.17) is 44.3 Å². The van der Waals surface area contributed by atoms with E-state index < -0.39 is 3.79 Å². The number of rotatable bonds is 5. The highest BCUT2D eigenvalue weighted by atomic mass is 35.6. The second-order valence-electron chi connectivity index (χ2n) is 6.85. The lowest BCUT2D eigenvalue weighted by atomic mass is 9.92. The monoisotopic (exact) mass is 488 g/mol. The molecule has 4 aromatic rings. The number of nitrogens with zero attached hydrogens (tertiary/aromatic N) is 1. The number of H-pyrrole nitrogens is 1. The number of hydrogen-bond donors (Lipinski definition) is 1. The van der Waals surface area contributed by atoms with Gasteiger partial charge in [0.15, 0.2) is 0 Å². The predicted octanol–water partition coefficient (Wildman–Crippen LogP) is 7.28. The van der Waals surface area contributed by atoms with Crippen molar-refractivity contribution < 1.29 is 9.47 Å². The highest BCUT2D eigenvalue weighted by Crippen LogP contribution is 2.46. The Kier molecular flexibility index (Phi) is 8.46. The molecule has 0 fully saturated rings. The molecule has 0 saturated carbocycles. The highest BCUT2D eigenvalue weighted by Gasteiger charge is 2.35. The third-order valence-electron chi connectivity index (χ3n) is 4.80. The maximum Gasteiger partial charge on any atom is 0.201 e. The van der Waals surface area contributed by atoms with Crippen LogP contribution in [0.4, 0.5) is 0 Å². The third-order valence-corrected chi connectivity index (χ3v) is 5.45. The Labute approximate surface area is 203 Å². The molecule has 0 amide bonds. The van der Waals surface area contributed by atoms with Gasteiger partial charge in [-0.05, 0) is 41.5 Å². The lowest BCUT2D eigenvalue weighted by molar-refractivity contribution is 0.414. The van der Waals surface area contributed by atoms with E-state index >= 15 is 0 Å². The van der Waals surface area contributed by atoms with Crippen molar-refractivity contribution in [2.45, 2.75) is 9.71 Å². The first kappa shape index (κ1) is 24.0. The van der Waals surface area contributed by atoms with Crippen molar-refractivity contribution in [3.8, 4) is 22.8 Å². The van der Waals surface area contributed by atoms with Crippen LogP contribution in [0.2, 0.25) is 0 Å². The average Bonchev–Trinajstić information content (AvgIpc) is 3.35. The summed E-state index contributed by atoms with van der Waals surface area (Å²) in [6.07, 6.45) is 1.82. The Morgan fingerprint density at radius 2 is 1.22 bits per heavy atom. The summed E-state index contributed by atoms with van der Waals surface area (Å²) in [5, 5.41) is 6.84. The normalized spacial score (nSPS) is 10.9. The predicted molar refractivity (Wildman–Crippen MR) is 132 cm³/mol. The van der Waals surface area contributed by atoms with Gasteiger partial charge in [-0.25, -0.2) is 0 Å². The van der Waals surface area contributed by atoms with Crippen molar-refractivity contribution in [1.82, 2.24) is 10.2 Å². The first-order valence-electron chi connectivity index (χ1n) is 9.82. The van der Waals surface area contributed by atoms with Crippen LogP contribution >= 0.6 is 34.8 Å². The Morgan fingerprint density at radius 3 is 1.59 bits per heavy atom. The zero-order valence-corrected chi connectivity index (χ0v) is 19.9. The molecule has 7 heteroatoms. The number of alkyl halides is 3. The lowest BCUT2D eigenvalue weighted by Gasteiger charge is -2.25. The van der Waals surface area contributed by atoms with E-state index in [1.165, 1.54) is 0 Å². The van der Waals surface area contributed by atoms with E-state index in [-0.39, 0.29) is 5.92 Å². The Bertz CT molecular complexity index is 1020. The number of halogens is 3. The van der Waals surface area contributed by atoms with Gasteiger partial charge in [-0.2, -0.15) is 5.10 Å². The minimum absolute atomic E-state index is 0.376. The van der Waals surface area contributed by atoms with E-state index in [9.17, 15) is 0 Å². The lowest BCUT2D eigenvalue weighted by Crippen LogP contribution is -2.18. The topological polar surface area (TPSA) is 47.1 Å². The quantitative estimate of drug-likeness (QED) is 0.300. The van der Waals surface area contributed by atoms with Gasteiger partial charge < -0.3 is 9.47 Å². The fourth-order valence-electron chi connectivity index (χ4n) is 3.19. The molecule has 0 bridgehead atoms. The molecule has 166 valence electrons.